The monoisotopic (exact) mass is 255 g/mol. The molecule has 1 atom stereocenters. The summed E-state index contributed by atoms with van der Waals surface area (Å²) in [5.74, 6) is -0.816. The van der Waals surface area contributed by atoms with Crippen molar-refractivity contribution in [2.45, 2.75) is 19.9 Å². The van der Waals surface area contributed by atoms with E-state index in [9.17, 15) is 9.59 Å². The standard InChI is InChI=1S/C10H17N5O3/c1-7(9(16)17)3-4-11-10(18)12-5-8-13-6-15(2)14-8/h6-7H,3-5H2,1-2H3,(H,16,17)(H2,11,12,18). The summed E-state index contributed by atoms with van der Waals surface area (Å²) in [6.07, 6.45) is 1.94. The molecule has 0 aliphatic heterocycles. The fourth-order valence-corrected chi connectivity index (χ4v) is 1.21. The number of carbonyl (C=O) groups is 2. The smallest absolute Gasteiger partial charge is 0.315 e. The Morgan fingerprint density at radius 2 is 2.22 bits per heavy atom. The molecule has 1 unspecified atom stereocenters. The molecule has 0 aliphatic carbocycles. The van der Waals surface area contributed by atoms with Gasteiger partial charge in [-0.15, -0.1) is 0 Å². The van der Waals surface area contributed by atoms with E-state index in [-0.39, 0.29) is 12.6 Å². The zero-order valence-electron chi connectivity index (χ0n) is 10.4. The third-order valence-electron chi connectivity index (χ3n) is 2.34. The zero-order chi connectivity index (χ0) is 13.5. The van der Waals surface area contributed by atoms with Crippen LogP contribution < -0.4 is 10.6 Å². The van der Waals surface area contributed by atoms with Crippen LogP contribution in [0.25, 0.3) is 0 Å². The van der Waals surface area contributed by atoms with Gasteiger partial charge in [-0.1, -0.05) is 6.92 Å². The minimum atomic E-state index is -0.866. The molecule has 3 N–H and O–H groups in total. The van der Waals surface area contributed by atoms with Gasteiger partial charge < -0.3 is 15.7 Å². The number of hydrogen-bond acceptors (Lipinski definition) is 4. The van der Waals surface area contributed by atoms with Crippen LogP contribution in [0, 0.1) is 5.92 Å². The predicted molar refractivity (Wildman–Crippen MR) is 62.7 cm³/mol. The maximum atomic E-state index is 11.3. The van der Waals surface area contributed by atoms with Crippen molar-refractivity contribution in [1.29, 1.82) is 0 Å². The lowest BCUT2D eigenvalue weighted by atomic mass is 10.1. The zero-order valence-corrected chi connectivity index (χ0v) is 10.4. The molecule has 8 heteroatoms. The van der Waals surface area contributed by atoms with Crippen molar-refractivity contribution in [2.75, 3.05) is 6.54 Å². The number of carboxylic acid groups (broad SMARTS) is 1. The van der Waals surface area contributed by atoms with Crippen LogP contribution in [0.3, 0.4) is 0 Å². The van der Waals surface area contributed by atoms with Crippen molar-refractivity contribution < 1.29 is 14.7 Å². The second kappa shape index (κ2) is 6.58. The minimum absolute atomic E-state index is 0.237. The molecule has 0 saturated heterocycles. The number of amides is 2. The third-order valence-corrected chi connectivity index (χ3v) is 2.34. The van der Waals surface area contributed by atoms with Crippen LogP contribution in [0.15, 0.2) is 6.33 Å². The number of hydrogen-bond donors (Lipinski definition) is 3. The number of nitrogens with zero attached hydrogens (tertiary/aromatic N) is 3. The van der Waals surface area contributed by atoms with Gasteiger partial charge in [0.05, 0.1) is 12.5 Å². The van der Waals surface area contributed by atoms with Gasteiger partial charge in [-0.05, 0) is 6.42 Å². The van der Waals surface area contributed by atoms with Gasteiger partial charge in [0.1, 0.15) is 6.33 Å². The molecule has 0 fully saturated rings. The Balaban J connectivity index is 2.16. The van der Waals surface area contributed by atoms with Crippen LogP contribution in [0.5, 0.6) is 0 Å². The van der Waals surface area contributed by atoms with Gasteiger partial charge >= 0.3 is 12.0 Å². The second-order valence-electron chi connectivity index (χ2n) is 3.97. The van der Waals surface area contributed by atoms with Crippen LogP contribution in [0.1, 0.15) is 19.2 Å². The lowest BCUT2D eigenvalue weighted by Crippen LogP contribution is -2.36. The molecule has 2 amide bonds. The quantitative estimate of drug-likeness (QED) is 0.648. The van der Waals surface area contributed by atoms with Crippen LogP contribution >= 0.6 is 0 Å². The molecule has 1 aromatic rings. The molecule has 0 aliphatic rings. The van der Waals surface area contributed by atoms with E-state index in [0.29, 0.717) is 18.8 Å². The number of carbonyl (C=O) groups excluding carboxylic acids is 1. The molecule has 18 heavy (non-hydrogen) atoms. The van der Waals surface area contributed by atoms with Crippen molar-refractivity contribution in [2.24, 2.45) is 13.0 Å². The Morgan fingerprint density at radius 1 is 1.50 bits per heavy atom. The van der Waals surface area contributed by atoms with Gasteiger partial charge in [0.2, 0.25) is 0 Å². The summed E-state index contributed by atoms with van der Waals surface area (Å²) >= 11 is 0. The maximum absolute atomic E-state index is 11.3. The van der Waals surface area contributed by atoms with Gasteiger partial charge in [0.15, 0.2) is 5.82 Å². The summed E-state index contributed by atoms with van der Waals surface area (Å²) in [6.45, 7) is 2.15. The molecular formula is C10H17N5O3. The highest BCUT2D eigenvalue weighted by atomic mass is 16.4. The first-order valence-electron chi connectivity index (χ1n) is 5.58. The number of aryl methyl sites for hydroxylation is 1. The molecule has 1 aromatic heterocycles. The van der Waals surface area contributed by atoms with Gasteiger partial charge in [0, 0.05) is 13.6 Å². The molecular weight excluding hydrogens is 238 g/mol. The van der Waals surface area contributed by atoms with Crippen LogP contribution in [0.2, 0.25) is 0 Å². The van der Waals surface area contributed by atoms with Crippen LogP contribution in [-0.4, -0.2) is 38.4 Å². The topological polar surface area (TPSA) is 109 Å². The number of aliphatic carboxylic acids is 1. The Hall–Kier alpha value is -2.12. The maximum Gasteiger partial charge on any atom is 0.315 e. The Bertz CT molecular complexity index is 417. The Kier molecular flexibility index (Phi) is 5.09. The first-order chi connectivity index (χ1) is 8.49. The molecule has 0 radical (unpaired) electrons. The molecule has 0 spiro atoms. The minimum Gasteiger partial charge on any atom is -0.481 e. The average molecular weight is 255 g/mol. The third kappa shape index (κ3) is 4.81. The lowest BCUT2D eigenvalue weighted by molar-refractivity contribution is -0.141. The van der Waals surface area contributed by atoms with E-state index in [1.807, 2.05) is 0 Å². The van der Waals surface area contributed by atoms with E-state index >= 15 is 0 Å². The van der Waals surface area contributed by atoms with Crippen molar-refractivity contribution in [3.05, 3.63) is 12.2 Å². The fraction of sp³-hybridized carbons (Fsp3) is 0.600. The lowest BCUT2D eigenvalue weighted by Gasteiger charge is -2.08. The van der Waals surface area contributed by atoms with E-state index in [4.69, 9.17) is 5.11 Å². The highest BCUT2D eigenvalue weighted by molar-refractivity contribution is 5.74. The largest absolute Gasteiger partial charge is 0.481 e. The number of nitrogens with one attached hydrogen (secondary N) is 2. The Labute approximate surface area is 104 Å². The SMILES string of the molecule is CC(CCNC(=O)NCc1ncn(C)n1)C(=O)O. The van der Waals surface area contributed by atoms with Crippen molar-refractivity contribution in [3.8, 4) is 0 Å². The molecule has 0 saturated carbocycles. The second-order valence-corrected chi connectivity index (χ2v) is 3.97. The number of rotatable bonds is 6. The molecule has 1 heterocycles. The van der Waals surface area contributed by atoms with Crippen molar-refractivity contribution >= 4 is 12.0 Å². The summed E-state index contributed by atoms with van der Waals surface area (Å²) in [5.41, 5.74) is 0. The van der Waals surface area contributed by atoms with E-state index in [1.54, 1.807) is 25.0 Å². The average Bonchev–Trinajstić information content (AvgIpc) is 2.72. The van der Waals surface area contributed by atoms with Gasteiger partial charge in [-0.25, -0.2) is 9.78 Å². The molecule has 0 bridgehead atoms. The number of carboxylic acids is 1. The summed E-state index contributed by atoms with van der Waals surface area (Å²) < 4.78 is 1.55. The van der Waals surface area contributed by atoms with Gasteiger partial charge in [-0.2, -0.15) is 5.10 Å². The van der Waals surface area contributed by atoms with Gasteiger partial charge in [-0.3, -0.25) is 9.48 Å². The molecule has 0 aromatic carbocycles. The van der Waals surface area contributed by atoms with Crippen LogP contribution in [-0.2, 0) is 18.4 Å². The first-order valence-corrected chi connectivity index (χ1v) is 5.58. The first kappa shape index (κ1) is 13.9. The fourth-order valence-electron chi connectivity index (χ4n) is 1.21. The van der Waals surface area contributed by atoms with E-state index in [0.717, 1.165) is 0 Å². The summed E-state index contributed by atoms with van der Waals surface area (Å²) in [5, 5.41) is 17.8. The molecule has 100 valence electrons. The Morgan fingerprint density at radius 3 is 2.78 bits per heavy atom. The highest BCUT2D eigenvalue weighted by Gasteiger charge is 2.10. The molecule has 8 nitrogen and oxygen atoms in total. The van der Waals surface area contributed by atoms with Crippen molar-refractivity contribution in [1.82, 2.24) is 25.4 Å². The van der Waals surface area contributed by atoms with E-state index < -0.39 is 11.9 Å². The summed E-state index contributed by atoms with van der Waals surface area (Å²) in [6, 6.07) is -0.361. The highest BCUT2D eigenvalue weighted by Crippen LogP contribution is 1.99. The van der Waals surface area contributed by atoms with Gasteiger partial charge in [0.25, 0.3) is 0 Å². The van der Waals surface area contributed by atoms with Crippen LogP contribution in [0.4, 0.5) is 4.79 Å². The van der Waals surface area contributed by atoms with E-state index in [1.165, 1.54) is 0 Å². The summed E-state index contributed by atoms with van der Waals surface area (Å²) in [4.78, 5) is 25.8. The number of aromatic nitrogens is 3. The summed E-state index contributed by atoms with van der Waals surface area (Å²) in [7, 11) is 1.74. The molecule has 1 rings (SSSR count). The normalized spacial score (nSPS) is 11.9. The van der Waals surface area contributed by atoms with E-state index in [2.05, 4.69) is 20.7 Å². The van der Waals surface area contributed by atoms with Crippen molar-refractivity contribution in [3.63, 3.8) is 0 Å². The predicted octanol–water partition coefficient (Wildman–Crippen LogP) is -0.275. The number of urea groups is 1.